The Morgan fingerprint density at radius 1 is 1.15 bits per heavy atom. The highest BCUT2D eigenvalue weighted by Crippen LogP contribution is 2.53. The number of nitrogens with zero attached hydrogens (tertiary/aromatic N) is 4. The lowest BCUT2D eigenvalue weighted by molar-refractivity contribution is -0.122. The van der Waals surface area contributed by atoms with Gasteiger partial charge in [0.1, 0.15) is 0 Å². The molecule has 0 atom stereocenters. The van der Waals surface area contributed by atoms with Crippen LogP contribution in [0.15, 0.2) is 11.2 Å². The summed E-state index contributed by atoms with van der Waals surface area (Å²) < 4.78 is 1.92. The van der Waals surface area contributed by atoms with Gasteiger partial charge in [-0.1, -0.05) is 11.8 Å². The number of fused-ring (bicyclic) bond motifs is 1. The molecule has 4 fully saturated rings. The van der Waals surface area contributed by atoms with E-state index in [2.05, 4.69) is 20.5 Å². The normalized spacial score (nSPS) is 32.3. The molecule has 0 unspecified atom stereocenters. The van der Waals surface area contributed by atoms with Gasteiger partial charge in [-0.3, -0.25) is 9.20 Å². The maximum Gasteiger partial charge on any atom is 0.256 e. The molecule has 1 amide bonds. The molecule has 1 N–H and O–H groups in total. The van der Waals surface area contributed by atoms with Crippen LogP contribution in [0.1, 0.15) is 43.5 Å². The van der Waals surface area contributed by atoms with Crippen molar-refractivity contribution in [2.45, 2.75) is 57.1 Å². The van der Waals surface area contributed by atoms with E-state index in [-0.39, 0.29) is 5.91 Å². The first-order chi connectivity index (χ1) is 12.6. The zero-order chi connectivity index (χ0) is 17.8. The van der Waals surface area contributed by atoms with Gasteiger partial charge in [0.2, 0.25) is 5.91 Å². The molecule has 0 aliphatic heterocycles. The molecular formula is C19H25N5OS. The second kappa shape index (κ2) is 6.22. The topological polar surface area (TPSA) is 72.2 Å². The third kappa shape index (κ3) is 2.80. The fraction of sp³-hybridized carbons (Fsp3) is 0.684. The van der Waals surface area contributed by atoms with Gasteiger partial charge in [-0.2, -0.15) is 0 Å². The Bertz CT molecular complexity index is 835. The van der Waals surface area contributed by atoms with Crippen LogP contribution in [-0.4, -0.2) is 37.3 Å². The molecule has 6 rings (SSSR count). The van der Waals surface area contributed by atoms with Gasteiger partial charge in [0, 0.05) is 17.4 Å². The van der Waals surface area contributed by atoms with Gasteiger partial charge in [-0.25, -0.2) is 4.98 Å². The number of hydrogen-bond donors (Lipinski definition) is 1. The number of aromatic nitrogens is 4. The Morgan fingerprint density at radius 3 is 2.54 bits per heavy atom. The van der Waals surface area contributed by atoms with Crippen molar-refractivity contribution in [1.29, 1.82) is 0 Å². The van der Waals surface area contributed by atoms with Gasteiger partial charge in [-0.05, 0) is 75.7 Å². The van der Waals surface area contributed by atoms with Crippen LogP contribution in [0.3, 0.4) is 0 Å². The van der Waals surface area contributed by atoms with E-state index in [0.717, 1.165) is 28.4 Å². The minimum Gasteiger partial charge on any atom is -0.352 e. The van der Waals surface area contributed by atoms with E-state index >= 15 is 0 Å². The summed E-state index contributed by atoms with van der Waals surface area (Å²) in [4.78, 5) is 17.0. The number of nitrogens with one attached hydrogen (secondary N) is 1. The largest absolute Gasteiger partial charge is 0.352 e. The minimum absolute atomic E-state index is 0.127. The van der Waals surface area contributed by atoms with E-state index in [1.165, 1.54) is 43.9 Å². The summed E-state index contributed by atoms with van der Waals surface area (Å²) in [6.07, 6.45) is 6.73. The molecule has 4 saturated carbocycles. The fourth-order valence-electron chi connectivity index (χ4n) is 5.81. The molecule has 7 heteroatoms. The Hall–Kier alpha value is -1.63. The molecule has 4 aliphatic carbocycles. The van der Waals surface area contributed by atoms with E-state index in [1.807, 2.05) is 24.3 Å². The quantitative estimate of drug-likeness (QED) is 0.837. The smallest absolute Gasteiger partial charge is 0.256 e. The van der Waals surface area contributed by atoms with Crippen molar-refractivity contribution >= 4 is 23.4 Å². The monoisotopic (exact) mass is 371 g/mol. The van der Waals surface area contributed by atoms with Crippen LogP contribution in [0.25, 0.3) is 5.78 Å². The Labute approximate surface area is 157 Å². The summed E-state index contributed by atoms with van der Waals surface area (Å²) in [5.74, 6) is 4.40. The third-order valence-corrected chi connectivity index (χ3v) is 7.48. The summed E-state index contributed by atoms with van der Waals surface area (Å²) in [6, 6.07) is 2.41. The molecule has 0 aromatic carbocycles. The molecule has 4 bridgehead atoms. The zero-order valence-corrected chi connectivity index (χ0v) is 16.1. The first-order valence-electron chi connectivity index (χ1n) is 9.68. The highest BCUT2D eigenvalue weighted by Gasteiger charge is 2.48. The molecule has 138 valence electrons. The van der Waals surface area contributed by atoms with Gasteiger partial charge >= 0.3 is 0 Å². The third-order valence-electron chi connectivity index (χ3n) is 6.55. The van der Waals surface area contributed by atoms with E-state index in [9.17, 15) is 4.79 Å². The van der Waals surface area contributed by atoms with Crippen LogP contribution >= 0.6 is 11.8 Å². The van der Waals surface area contributed by atoms with E-state index in [1.54, 1.807) is 0 Å². The van der Waals surface area contributed by atoms with Crippen molar-refractivity contribution in [1.82, 2.24) is 24.9 Å². The number of carbonyl (C=O) groups excluding carboxylic acids is 1. The van der Waals surface area contributed by atoms with E-state index < -0.39 is 0 Å². The van der Waals surface area contributed by atoms with Gasteiger partial charge in [-0.15, -0.1) is 10.2 Å². The minimum atomic E-state index is 0.127. The lowest BCUT2D eigenvalue weighted by Gasteiger charge is -2.54. The summed E-state index contributed by atoms with van der Waals surface area (Å²) in [5.41, 5.74) is 1.97. The van der Waals surface area contributed by atoms with Crippen LogP contribution in [0, 0.1) is 37.5 Å². The first kappa shape index (κ1) is 16.5. The maximum atomic E-state index is 12.6. The Balaban J connectivity index is 1.24. The van der Waals surface area contributed by atoms with Crippen molar-refractivity contribution in [2.24, 2.45) is 23.7 Å². The number of rotatable bonds is 4. The molecule has 0 radical (unpaired) electrons. The van der Waals surface area contributed by atoms with Crippen LogP contribution in [0.2, 0.25) is 0 Å². The second-order valence-electron chi connectivity index (χ2n) is 8.47. The number of aryl methyl sites for hydroxylation is 2. The second-order valence-corrected chi connectivity index (χ2v) is 9.41. The van der Waals surface area contributed by atoms with Crippen molar-refractivity contribution < 1.29 is 4.79 Å². The molecule has 0 saturated heterocycles. The van der Waals surface area contributed by atoms with Crippen molar-refractivity contribution in [3.8, 4) is 0 Å². The molecule has 0 spiro atoms. The maximum absolute atomic E-state index is 12.6. The molecular weight excluding hydrogens is 346 g/mol. The van der Waals surface area contributed by atoms with Crippen LogP contribution in [0.5, 0.6) is 0 Å². The molecule has 26 heavy (non-hydrogen) atoms. The van der Waals surface area contributed by atoms with Gasteiger partial charge in [0.15, 0.2) is 5.16 Å². The number of thioether (sulfide) groups is 1. The Kier molecular flexibility index (Phi) is 3.95. The molecule has 6 nitrogen and oxygen atoms in total. The predicted octanol–water partition coefficient (Wildman–Crippen LogP) is 2.77. The average molecular weight is 372 g/mol. The van der Waals surface area contributed by atoms with Crippen LogP contribution in [-0.2, 0) is 4.79 Å². The molecule has 2 heterocycles. The molecule has 4 aliphatic rings. The summed E-state index contributed by atoms with van der Waals surface area (Å²) in [6.45, 7) is 3.97. The van der Waals surface area contributed by atoms with Gasteiger partial charge < -0.3 is 5.32 Å². The van der Waals surface area contributed by atoms with Crippen molar-refractivity contribution in [3.63, 3.8) is 0 Å². The van der Waals surface area contributed by atoms with Gasteiger partial charge in [0.05, 0.1) is 5.75 Å². The predicted molar refractivity (Wildman–Crippen MR) is 100.0 cm³/mol. The Morgan fingerprint density at radius 2 is 1.85 bits per heavy atom. The summed E-state index contributed by atoms with van der Waals surface area (Å²) in [5, 5.41) is 12.5. The highest BCUT2D eigenvalue weighted by molar-refractivity contribution is 7.99. The lowest BCUT2D eigenvalue weighted by Crippen LogP contribution is -2.56. The number of amides is 1. The number of carbonyl (C=O) groups is 1. The first-order valence-corrected chi connectivity index (χ1v) is 10.7. The SMILES string of the molecule is Cc1cc(C)n2c(SCC(=O)NC3C4CC5CC(C4)CC3C5)nnc2n1. The summed E-state index contributed by atoms with van der Waals surface area (Å²) in [7, 11) is 0. The molecule has 2 aromatic heterocycles. The summed E-state index contributed by atoms with van der Waals surface area (Å²) >= 11 is 1.45. The lowest BCUT2D eigenvalue weighted by atomic mass is 9.54. The van der Waals surface area contributed by atoms with Crippen LogP contribution < -0.4 is 5.32 Å². The van der Waals surface area contributed by atoms with E-state index in [4.69, 9.17) is 0 Å². The molecule has 2 aromatic rings. The number of hydrogen-bond acceptors (Lipinski definition) is 5. The standard InChI is InChI=1S/C19H25N5OS/c1-10-3-11(2)24-18(20-10)22-23-19(24)26-9-16(25)21-17-14-5-12-4-13(7-14)8-15(17)6-12/h3,12-15,17H,4-9H2,1-2H3,(H,21,25). The fourth-order valence-corrected chi connectivity index (χ4v) is 6.61. The highest BCUT2D eigenvalue weighted by atomic mass is 32.2. The average Bonchev–Trinajstić information content (AvgIpc) is 2.98. The van der Waals surface area contributed by atoms with Gasteiger partial charge in [0.25, 0.3) is 5.78 Å². The van der Waals surface area contributed by atoms with Crippen LogP contribution in [0.4, 0.5) is 0 Å². The van der Waals surface area contributed by atoms with Crippen molar-refractivity contribution in [3.05, 3.63) is 17.5 Å². The van der Waals surface area contributed by atoms with E-state index in [0.29, 0.717) is 29.4 Å². The zero-order valence-electron chi connectivity index (χ0n) is 15.3. The van der Waals surface area contributed by atoms with Crippen molar-refractivity contribution in [2.75, 3.05) is 5.75 Å².